The van der Waals surface area contributed by atoms with E-state index in [1.54, 1.807) is 0 Å². The van der Waals surface area contributed by atoms with Crippen molar-refractivity contribution < 1.29 is 22.7 Å². The first-order chi connectivity index (χ1) is 12.6. The Morgan fingerprint density at radius 1 is 1.15 bits per heavy atom. The molecule has 0 radical (unpaired) electrons. The Labute approximate surface area is 161 Å². The van der Waals surface area contributed by atoms with Gasteiger partial charge in [0, 0.05) is 11.3 Å². The molecule has 2 amide bonds. The van der Waals surface area contributed by atoms with E-state index in [1.807, 2.05) is 0 Å². The van der Waals surface area contributed by atoms with Crippen LogP contribution < -0.4 is 20.5 Å². The average Bonchev–Trinajstić information content (AvgIpc) is 2.61. The predicted octanol–water partition coefficient (Wildman–Crippen LogP) is 1.75. The van der Waals surface area contributed by atoms with Gasteiger partial charge in [0.1, 0.15) is 5.75 Å². The van der Waals surface area contributed by atoms with E-state index in [0.717, 1.165) is 0 Å². The molecule has 0 fully saturated rings. The number of hydrogen-bond acceptors (Lipinski definition) is 5. The van der Waals surface area contributed by atoms with Crippen molar-refractivity contribution in [3.8, 4) is 5.75 Å². The number of sulfonamides is 1. The highest BCUT2D eigenvalue weighted by molar-refractivity contribution is 7.89. The molecule has 0 aliphatic rings. The van der Waals surface area contributed by atoms with Gasteiger partial charge >= 0.3 is 0 Å². The van der Waals surface area contributed by atoms with E-state index in [0.29, 0.717) is 11.4 Å². The molecule has 1 atom stereocenters. The van der Waals surface area contributed by atoms with Crippen molar-refractivity contribution in [1.29, 1.82) is 0 Å². The first-order valence-electron chi connectivity index (χ1n) is 7.70. The first-order valence-corrected chi connectivity index (χ1v) is 9.57. The van der Waals surface area contributed by atoms with Gasteiger partial charge < -0.3 is 15.8 Å². The molecule has 27 heavy (non-hydrogen) atoms. The molecule has 0 heterocycles. The quantitative estimate of drug-likeness (QED) is 0.639. The van der Waals surface area contributed by atoms with Crippen molar-refractivity contribution in [3.63, 3.8) is 0 Å². The highest BCUT2D eigenvalue weighted by Crippen LogP contribution is 2.26. The second-order valence-electron chi connectivity index (χ2n) is 5.57. The van der Waals surface area contributed by atoms with Crippen LogP contribution in [0.1, 0.15) is 17.3 Å². The van der Waals surface area contributed by atoms with Crippen LogP contribution in [0.5, 0.6) is 5.75 Å². The SMILES string of the molecule is COc1ccc(S(=O)(=O)N[C@@H](C)C(=O)Nc2ccc(C(N)=O)cc2)cc1Cl. The molecule has 0 saturated carbocycles. The first kappa shape index (κ1) is 20.7. The van der Waals surface area contributed by atoms with Crippen LogP contribution in [0.3, 0.4) is 0 Å². The molecule has 0 aliphatic carbocycles. The zero-order valence-electron chi connectivity index (χ0n) is 14.5. The molecule has 8 nitrogen and oxygen atoms in total. The molecule has 0 bridgehead atoms. The molecule has 2 aromatic carbocycles. The summed E-state index contributed by atoms with van der Waals surface area (Å²) in [6.45, 7) is 1.40. The van der Waals surface area contributed by atoms with E-state index in [-0.39, 0.29) is 15.5 Å². The Hall–Kier alpha value is -2.62. The second-order valence-corrected chi connectivity index (χ2v) is 7.69. The van der Waals surface area contributed by atoms with E-state index >= 15 is 0 Å². The molecule has 4 N–H and O–H groups in total. The highest BCUT2D eigenvalue weighted by Gasteiger charge is 2.23. The van der Waals surface area contributed by atoms with Gasteiger partial charge in [0.05, 0.1) is 23.1 Å². The van der Waals surface area contributed by atoms with Crippen LogP contribution >= 0.6 is 11.6 Å². The maximum absolute atomic E-state index is 12.4. The number of primary amides is 1. The van der Waals surface area contributed by atoms with Crippen LogP contribution in [-0.2, 0) is 14.8 Å². The molecule has 0 aliphatic heterocycles. The summed E-state index contributed by atoms with van der Waals surface area (Å²) in [7, 11) is -2.56. The molecule has 0 aromatic heterocycles. The summed E-state index contributed by atoms with van der Waals surface area (Å²) in [6, 6.07) is 8.79. The van der Waals surface area contributed by atoms with Gasteiger partial charge in [-0.25, -0.2) is 8.42 Å². The van der Waals surface area contributed by atoms with Crippen molar-refractivity contribution >= 4 is 39.1 Å². The molecular formula is C17H18ClN3O5S. The molecule has 0 unspecified atom stereocenters. The molecule has 2 aromatic rings. The Bertz CT molecular complexity index is 961. The third-order valence-corrected chi connectivity index (χ3v) is 5.43. The van der Waals surface area contributed by atoms with E-state index in [9.17, 15) is 18.0 Å². The molecule has 10 heteroatoms. The highest BCUT2D eigenvalue weighted by atomic mass is 35.5. The number of anilines is 1. The number of carbonyl (C=O) groups excluding carboxylic acids is 2. The minimum absolute atomic E-state index is 0.0984. The van der Waals surface area contributed by atoms with E-state index in [1.165, 1.54) is 56.5 Å². The van der Waals surface area contributed by atoms with Gasteiger partial charge in [-0.3, -0.25) is 9.59 Å². The van der Waals surface area contributed by atoms with Gasteiger partial charge in [-0.15, -0.1) is 0 Å². The van der Waals surface area contributed by atoms with Crippen molar-refractivity contribution in [2.24, 2.45) is 5.73 Å². The largest absolute Gasteiger partial charge is 0.495 e. The topological polar surface area (TPSA) is 128 Å². The Kier molecular flexibility index (Phi) is 6.42. The fourth-order valence-corrected chi connectivity index (χ4v) is 3.69. The van der Waals surface area contributed by atoms with Crippen molar-refractivity contribution in [3.05, 3.63) is 53.1 Å². The minimum Gasteiger partial charge on any atom is -0.495 e. The zero-order chi connectivity index (χ0) is 20.2. The average molecular weight is 412 g/mol. The molecule has 2 rings (SSSR count). The smallest absolute Gasteiger partial charge is 0.248 e. The van der Waals surface area contributed by atoms with E-state index < -0.39 is 27.9 Å². The number of benzene rings is 2. The zero-order valence-corrected chi connectivity index (χ0v) is 16.1. The van der Waals surface area contributed by atoms with Crippen LogP contribution in [0.2, 0.25) is 5.02 Å². The number of amides is 2. The van der Waals surface area contributed by atoms with Crippen molar-refractivity contribution in [2.75, 3.05) is 12.4 Å². The van der Waals surface area contributed by atoms with Gasteiger partial charge in [0.15, 0.2) is 0 Å². The van der Waals surface area contributed by atoms with E-state index in [2.05, 4.69) is 10.0 Å². The number of ether oxygens (including phenoxy) is 1. The monoisotopic (exact) mass is 411 g/mol. The van der Waals surface area contributed by atoms with Crippen LogP contribution in [0.15, 0.2) is 47.4 Å². The normalized spacial score (nSPS) is 12.3. The number of carbonyl (C=O) groups is 2. The third kappa shape index (κ3) is 5.19. The summed E-state index contributed by atoms with van der Waals surface area (Å²) in [5.41, 5.74) is 5.83. The lowest BCUT2D eigenvalue weighted by Crippen LogP contribution is -2.41. The third-order valence-electron chi connectivity index (χ3n) is 3.60. The Morgan fingerprint density at radius 2 is 1.78 bits per heavy atom. The molecule has 0 saturated heterocycles. The molecule has 144 valence electrons. The Balaban J connectivity index is 2.08. The number of methoxy groups -OCH3 is 1. The van der Waals surface area contributed by atoms with Crippen LogP contribution in [0, 0.1) is 0 Å². The Morgan fingerprint density at radius 3 is 2.30 bits per heavy atom. The van der Waals surface area contributed by atoms with Gasteiger partial charge in [-0.2, -0.15) is 4.72 Å². The maximum atomic E-state index is 12.4. The second kappa shape index (κ2) is 8.38. The van der Waals surface area contributed by atoms with Crippen molar-refractivity contribution in [2.45, 2.75) is 17.9 Å². The lowest BCUT2D eigenvalue weighted by molar-refractivity contribution is -0.117. The number of hydrogen-bond donors (Lipinski definition) is 3. The van der Waals surface area contributed by atoms with Crippen LogP contribution in [0.25, 0.3) is 0 Å². The number of halogens is 1. The number of nitrogens with one attached hydrogen (secondary N) is 2. The van der Waals surface area contributed by atoms with Gasteiger partial charge in [-0.1, -0.05) is 11.6 Å². The van der Waals surface area contributed by atoms with Crippen LogP contribution in [-0.4, -0.2) is 33.4 Å². The maximum Gasteiger partial charge on any atom is 0.248 e. The summed E-state index contributed by atoms with van der Waals surface area (Å²) in [5, 5.41) is 2.68. The molecule has 0 spiro atoms. The van der Waals surface area contributed by atoms with Crippen molar-refractivity contribution in [1.82, 2.24) is 4.72 Å². The lowest BCUT2D eigenvalue weighted by Gasteiger charge is -2.15. The summed E-state index contributed by atoms with van der Waals surface area (Å²) < 4.78 is 32.1. The summed E-state index contributed by atoms with van der Waals surface area (Å²) in [5.74, 6) is -0.835. The number of rotatable bonds is 7. The molecular weight excluding hydrogens is 394 g/mol. The summed E-state index contributed by atoms with van der Waals surface area (Å²) in [6.07, 6.45) is 0. The lowest BCUT2D eigenvalue weighted by atomic mass is 10.2. The van der Waals surface area contributed by atoms with Gasteiger partial charge in [0.2, 0.25) is 21.8 Å². The predicted molar refractivity (Wildman–Crippen MR) is 101 cm³/mol. The van der Waals surface area contributed by atoms with Crippen LogP contribution in [0.4, 0.5) is 5.69 Å². The van der Waals surface area contributed by atoms with Gasteiger partial charge in [-0.05, 0) is 49.4 Å². The summed E-state index contributed by atoms with van der Waals surface area (Å²) >= 11 is 5.95. The minimum atomic E-state index is -3.97. The van der Waals surface area contributed by atoms with E-state index in [4.69, 9.17) is 22.1 Å². The number of nitrogens with two attached hydrogens (primary N) is 1. The fourth-order valence-electron chi connectivity index (χ4n) is 2.14. The standard InChI is InChI=1S/C17H18ClN3O5S/c1-10(17(23)20-12-5-3-11(4-6-12)16(19)22)21-27(24,25)13-7-8-15(26-2)14(18)9-13/h3-10,21H,1-2H3,(H2,19,22)(H,20,23)/t10-/m0/s1. The van der Waals surface area contributed by atoms with Gasteiger partial charge in [0.25, 0.3) is 0 Å². The summed E-state index contributed by atoms with van der Waals surface area (Å²) in [4.78, 5) is 23.2. The fraction of sp³-hybridized carbons (Fsp3) is 0.176.